The molecule has 0 aliphatic carbocycles. The summed E-state index contributed by atoms with van der Waals surface area (Å²) in [6.45, 7) is 11.1. The second-order valence-corrected chi connectivity index (χ2v) is 5.83. The lowest BCUT2D eigenvalue weighted by Gasteiger charge is -2.33. The third kappa shape index (κ3) is 3.96. The quantitative estimate of drug-likeness (QED) is 0.709. The molecule has 1 aliphatic rings. The molecule has 2 aromatic rings. The number of rotatable bonds is 2. The fourth-order valence-corrected chi connectivity index (χ4v) is 2.92. The average molecular weight is 291 g/mol. The van der Waals surface area contributed by atoms with Crippen molar-refractivity contribution in [3.05, 3.63) is 96.1 Å². The molecule has 1 heterocycles. The molecule has 1 heteroatoms. The van der Waals surface area contributed by atoms with Crippen LogP contribution in [0, 0.1) is 6.92 Å². The fourth-order valence-electron chi connectivity index (χ4n) is 2.92. The standard InChI is InChI=1S/C17H19N.C4H6/c1-13-8-9-15-11-18(2)12-17(16(15)10-13)14-6-4-3-5-7-14;1-3-4-2/h3-10,17H,11-12H2,1-2H3;3-4H,1-2H2. The Hall–Kier alpha value is -2.12. The van der Waals surface area contributed by atoms with Gasteiger partial charge in [0.15, 0.2) is 0 Å². The van der Waals surface area contributed by atoms with E-state index in [1.807, 2.05) is 0 Å². The Morgan fingerprint density at radius 2 is 1.73 bits per heavy atom. The normalized spacial score (nSPS) is 16.9. The van der Waals surface area contributed by atoms with Gasteiger partial charge in [-0.15, -0.1) is 0 Å². The summed E-state index contributed by atoms with van der Waals surface area (Å²) < 4.78 is 0. The summed E-state index contributed by atoms with van der Waals surface area (Å²) in [5.41, 5.74) is 5.78. The third-order valence-electron chi connectivity index (χ3n) is 3.98. The molecular formula is C21H25N. The molecule has 0 spiro atoms. The van der Waals surface area contributed by atoms with Crippen LogP contribution >= 0.6 is 0 Å². The van der Waals surface area contributed by atoms with Crippen molar-refractivity contribution < 1.29 is 0 Å². The number of fused-ring (bicyclic) bond motifs is 1. The van der Waals surface area contributed by atoms with Crippen LogP contribution in [0.4, 0.5) is 0 Å². The lowest BCUT2D eigenvalue weighted by Crippen LogP contribution is -2.31. The van der Waals surface area contributed by atoms with Gasteiger partial charge in [0.1, 0.15) is 0 Å². The number of nitrogens with zero attached hydrogens (tertiary/aromatic N) is 1. The zero-order valence-electron chi connectivity index (χ0n) is 13.6. The lowest BCUT2D eigenvalue weighted by molar-refractivity contribution is 0.295. The summed E-state index contributed by atoms with van der Waals surface area (Å²) >= 11 is 0. The Morgan fingerprint density at radius 1 is 1.05 bits per heavy atom. The van der Waals surface area contributed by atoms with Crippen LogP contribution in [0.2, 0.25) is 0 Å². The Labute approximate surface area is 134 Å². The minimum atomic E-state index is 0.514. The van der Waals surface area contributed by atoms with Gasteiger partial charge in [0.05, 0.1) is 0 Å². The van der Waals surface area contributed by atoms with Crippen molar-refractivity contribution in [3.63, 3.8) is 0 Å². The molecule has 2 aromatic carbocycles. The Kier molecular flexibility index (Phi) is 5.74. The zero-order chi connectivity index (χ0) is 15.9. The fraction of sp³-hybridized carbons (Fsp3) is 0.238. The monoisotopic (exact) mass is 291 g/mol. The summed E-state index contributed by atoms with van der Waals surface area (Å²) in [7, 11) is 2.21. The highest BCUT2D eigenvalue weighted by atomic mass is 15.1. The molecule has 22 heavy (non-hydrogen) atoms. The van der Waals surface area contributed by atoms with Gasteiger partial charge in [0.2, 0.25) is 0 Å². The first-order valence-electron chi connectivity index (χ1n) is 7.72. The highest BCUT2D eigenvalue weighted by molar-refractivity contribution is 5.42. The molecule has 1 aliphatic heterocycles. The summed E-state index contributed by atoms with van der Waals surface area (Å²) in [6.07, 6.45) is 3.28. The second-order valence-electron chi connectivity index (χ2n) is 5.83. The van der Waals surface area contributed by atoms with Crippen molar-refractivity contribution >= 4 is 0 Å². The molecule has 0 bridgehead atoms. The molecule has 0 fully saturated rings. The second kappa shape index (κ2) is 7.77. The van der Waals surface area contributed by atoms with Crippen LogP contribution in [0.1, 0.15) is 28.2 Å². The molecule has 0 aromatic heterocycles. The number of allylic oxidation sites excluding steroid dienone is 2. The average Bonchev–Trinajstić information content (AvgIpc) is 2.55. The maximum absolute atomic E-state index is 3.36. The summed E-state index contributed by atoms with van der Waals surface area (Å²) in [5, 5.41) is 0. The molecule has 0 saturated carbocycles. The third-order valence-corrected chi connectivity index (χ3v) is 3.98. The molecule has 1 nitrogen and oxygen atoms in total. The number of hydrogen-bond acceptors (Lipinski definition) is 1. The van der Waals surface area contributed by atoms with E-state index in [2.05, 4.69) is 80.6 Å². The van der Waals surface area contributed by atoms with Crippen LogP contribution < -0.4 is 0 Å². The van der Waals surface area contributed by atoms with Crippen molar-refractivity contribution in [2.24, 2.45) is 0 Å². The smallest absolute Gasteiger partial charge is 0.0234 e. The summed E-state index contributed by atoms with van der Waals surface area (Å²) in [6, 6.07) is 17.7. The summed E-state index contributed by atoms with van der Waals surface area (Å²) in [5.74, 6) is 0.514. The van der Waals surface area contributed by atoms with E-state index in [0.717, 1.165) is 13.1 Å². The van der Waals surface area contributed by atoms with Gasteiger partial charge in [0, 0.05) is 19.0 Å². The molecule has 1 atom stereocenters. The number of aryl methyl sites for hydroxylation is 1. The van der Waals surface area contributed by atoms with E-state index in [9.17, 15) is 0 Å². The minimum Gasteiger partial charge on any atom is -0.301 e. The molecular weight excluding hydrogens is 266 g/mol. The van der Waals surface area contributed by atoms with Gasteiger partial charge in [-0.05, 0) is 30.7 Å². The van der Waals surface area contributed by atoms with Crippen molar-refractivity contribution in [1.29, 1.82) is 0 Å². The van der Waals surface area contributed by atoms with E-state index in [-0.39, 0.29) is 0 Å². The van der Waals surface area contributed by atoms with Gasteiger partial charge in [-0.3, -0.25) is 0 Å². The van der Waals surface area contributed by atoms with Gasteiger partial charge in [-0.2, -0.15) is 0 Å². The predicted molar refractivity (Wildman–Crippen MR) is 96.2 cm³/mol. The molecule has 3 rings (SSSR count). The van der Waals surface area contributed by atoms with E-state index in [1.165, 1.54) is 22.3 Å². The maximum Gasteiger partial charge on any atom is 0.0234 e. The first-order chi connectivity index (χ1) is 10.7. The van der Waals surface area contributed by atoms with Crippen molar-refractivity contribution in [2.75, 3.05) is 13.6 Å². The van der Waals surface area contributed by atoms with Crippen LogP contribution in [0.5, 0.6) is 0 Å². The lowest BCUT2D eigenvalue weighted by atomic mass is 9.84. The maximum atomic E-state index is 3.36. The first kappa shape index (κ1) is 16.3. The molecule has 0 amide bonds. The van der Waals surface area contributed by atoms with Gasteiger partial charge in [-0.25, -0.2) is 0 Å². The molecule has 114 valence electrons. The first-order valence-corrected chi connectivity index (χ1v) is 7.72. The van der Waals surface area contributed by atoms with E-state index < -0.39 is 0 Å². The molecule has 0 saturated heterocycles. The van der Waals surface area contributed by atoms with E-state index >= 15 is 0 Å². The Balaban J connectivity index is 0.000000396. The minimum absolute atomic E-state index is 0.514. The van der Waals surface area contributed by atoms with E-state index in [0.29, 0.717) is 5.92 Å². The Bertz CT molecular complexity index is 622. The van der Waals surface area contributed by atoms with Crippen LogP contribution in [-0.2, 0) is 6.54 Å². The largest absolute Gasteiger partial charge is 0.301 e. The van der Waals surface area contributed by atoms with E-state index in [4.69, 9.17) is 0 Å². The zero-order valence-corrected chi connectivity index (χ0v) is 13.6. The summed E-state index contributed by atoms with van der Waals surface area (Å²) in [4.78, 5) is 2.41. The number of hydrogen-bond donors (Lipinski definition) is 0. The predicted octanol–water partition coefficient (Wildman–Crippen LogP) is 4.93. The van der Waals surface area contributed by atoms with Crippen LogP contribution in [0.15, 0.2) is 73.8 Å². The molecule has 0 N–H and O–H groups in total. The molecule has 1 unspecified atom stereocenters. The van der Waals surface area contributed by atoms with Gasteiger partial charge in [0.25, 0.3) is 0 Å². The van der Waals surface area contributed by atoms with Gasteiger partial charge >= 0.3 is 0 Å². The van der Waals surface area contributed by atoms with Crippen molar-refractivity contribution in [2.45, 2.75) is 19.4 Å². The number of likely N-dealkylation sites (N-methyl/N-ethyl adjacent to an activating group) is 1. The number of benzene rings is 2. The van der Waals surface area contributed by atoms with Crippen LogP contribution in [0.3, 0.4) is 0 Å². The topological polar surface area (TPSA) is 3.24 Å². The SMILES string of the molecule is C=CC=C.Cc1ccc2c(c1)C(c1ccccc1)CN(C)C2. The van der Waals surface area contributed by atoms with E-state index in [1.54, 1.807) is 12.2 Å². The van der Waals surface area contributed by atoms with Gasteiger partial charge in [-0.1, -0.05) is 79.4 Å². The Morgan fingerprint density at radius 3 is 2.36 bits per heavy atom. The van der Waals surface area contributed by atoms with Crippen LogP contribution in [-0.4, -0.2) is 18.5 Å². The highest BCUT2D eigenvalue weighted by Crippen LogP contribution is 2.33. The van der Waals surface area contributed by atoms with Gasteiger partial charge < -0.3 is 4.90 Å². The van der Waals surface area contributed by atoms with Crippen LogP contribution in [0.25, 0.3) is 0 Å². The highest BCUT2D eigenvalue weighted by Gasteiger charge is 2.24. The van der Waals surface area contributed by atoms with Crippen molar-refractivity contribution in [3.8, 4) is 0 Å². The molecule has 0 radical (unpaired) electrons. The van der Waals surface area contributed by atoms with Crippen molar-refractivity contribution in [1.82, 2.24) is 4.90 Å².